The van der Waals surface area contributed by atoms with Gasteiger partial charge in [-0.3, -0.25) is 9.48 Å². The van der Waals surface area contributed by atoms with Crippen molar-refractivity contribution in [3.8, 4) is 0 Å². The van der Waals surface area contributed by atoms with Gasteiger partial charge in [-0.1, -0.05) is 0 Å². The first kappa shape index (κ1) is 15.7. The first-order valence-corrected chi connectivity index (χ1v) is 7.74. The van der Waals surface area contributed by atoms with Gasteiger partial charge in [-0.05, 0) is 32.8 Å². The number of nitrogens with two attached hydrogens (primary N) is 1. The van der Waals surface area contributed by atoms with Crippen molar-refractivity contribution >= 4 is 17.2 Å². The van der Waals surface area contributed by atoms with Crippen molar-refractivity contribution in [2.24, 2.45) is 12.8 Å². The molecule has 2 heterocycles. The molecule has 2 aromatic rings. The molecule has 0 bridgehead atoms. The van der Waals surface area contributed by atoms with Gasteiger partial charge in [0.05, 0.1) is 5.69 Å². The molecule has 0 aliphatic rings. The molecule has 1 atom stereocenters. The van der Waals surface area contributed by atoms with Crippen LogP contribution in [0.4, 0.5) is 0 Å². The number of nitrogens with zero attached hydrogens (tertiary/aromatic N) is 3. The molecule has 0 radical (unpaired) electrons. The molecule has 6 nitrogen and oxygen atoms in total. The minimum absolute atomic E-state index is 0.0159. The molecule has 0 saturated carbocycles. The third-order valence-corrected chi connectivity index (χ3v) is 4.38. The molecule has 2 aromatic heterocycles. The monoisotopic (exact) mass is 307 g/mol. The molecular formula is C14H21N5OS. The van der Waals surface area contributed by atoms with Gasteiger partial charge in [-0.2, -0.15) is 5.10 Å². The number of nitrogens with one attached hydrogen (secondary N) is 1. The maximum Gasteiger partial charge on any atom is 0.270 e. The molecule has 114 valence electrons. The molecular weight excluding hydrogens is 286 g/mol. The first-order valence-electron chi connectivity index (χ1n) is 6.86. The average Bonchev–Trinajstić information content (AvgIpc) is 3.00. The zero-order valence-electron chi connectivity index (χ0n) is 12.8. The van der Waals surface area contributed by atoms with Gasteiger partial charge in [-0.15, -0.1) is 11.3 Å². The van der Waals surface area contributed by atoms with E-state index >= 15 is 0 Å². The van der Waals surface area contributed by atoms with Crippen LogP contribution in [0, 0.1) is 13.8 Å². The Morgan fingerprint density at radius 1 is 1.52 bits per heavy atom. The van der Waals surface area contributed by atoms with Crippen LogP contribution < -0.4 is 11.1 Å². The van der Waals surface area contributed by atoms with Crippen molar-refractivity contribution in [1.29, 1.82) is 0 Å². The van der Waals surface area contributed by atoms with E-state index in [2.05, 4.69) is 15.4 Å². The summed E-state index contributed by atoms with van der Waals surface area (Å²) in [6, 6.07) is 0.0159. The van der Waals surface area contributed by atoms with E-state index in [4.69, 9.17) is 5.73 Å². The van der Waals surface area contributed by atoms with E-state index in [0.29, 0.717) is 12.2 Å². The Kier molecular flexibility index (Phi) is 4.74. The second kappa shape index (κ2) is 6.36. The summed E-state index contributed by atoms with van der Waals surface area (Å²) in [5.74, 6) is -0.155. The molecule has 0 aliphatic heterocycles. The molecule has 3 N–H and O–H groups in total. The summed E-state index contributed by atoms with van der Waals surface area (Å²) >= 11 is 1.41. The highest BCUT2D eigenvalue weighted by Crippen LogP contribution is 2.15. The molecule has 2 rings (SSSR count). The van der Waals surface area contributed by atoms with Crippen molar-refractivity contribution in [3.05, 3.63) is 33.0 Å². The van der Waals surface area contributed by atoms with Crippen LogP contribution in [0.15, 0.2) is 5.38 Å². The number of hydrogen-bond donors (Lipinski definition) is 2. The second-order valence-corrected chi connectivity index (χ2v) is 6.12. The lowest BCUT2D eigenvalue weighted by Gasteiger charge is -2.13. The Bertz CT molecular complexity index is 646. The molecule has 0 spiro atoms. The fourth-order valence-corrected chi connectivity index (χ4v) is 2.93. The molecule has 0 fully saturated rings. The number of hydrogen-bond acceptors (Lipinski definition) is 5. The van der Waals surface area contributed by atoms with Gasteiger partial charge in [0.1, 0.15) is 10.7 Å². The van der Waals surface area contributed by atoms with Crippen molar-refractivity contribution in [3.63, 3.8) is 0 Å². The zero-order chi connectivity index (χ0) is 15.6. The summed E-state index contributed by atoms with van der Waals surface area (Å²) in [6.07, 6.45) is 0.755. The van der Waals surface area contributed by atoms with Gasteiger partial charge in [0, 0.05) is 30.7 Å². The van der Waals surface area contributed by atoms with Crippen LogP contribution in [0.2, 0.25) is 0 Å². The van der Waals surface area contributed by atoms with E-state index in [1.165, 1.54) is 16.9 Å². The summed E-state index contributed by atoms with van der Waals surface area (Å²) in [6.45, 7) is 6.38. The number of amides is 1. The van der Waals surface area contributed by atoms with Crippen molar-refractivity contribution < 1.29 is 4.79 Å². The highest BCUT2D eigenvalue weighted by atomic mass is 32.1. The van der Waals surface area contributed by atoms with Gasteiger partial charge in [-0.25, -0.2) is 4.98 Å². The highest BCUT2D eigenvalue weighted by Gasteiger charge is 2.16. The zero-order valence-corrected chi connectivity index (χ0v) is 13.6. The third-order valence-electron chi connectivity index (χ3n) is 3.51. The van der Waals surface area contributed by atoms with Crippen molar-refractivity contribution in [2.75, 3.05) is 0 Å². The quantitative estimate of drug-likeness (QED) is 0.872. The molecule has 7 heteroatoms. The van der Waals surface area contributed by atoms with Crippen LogP contribution >= 0.6 is 11.3 Å². The SMILES string of the molecule is Cc1nn(C)c(C)c1CC(C)NC(=O)c1csc(CN)n1. The Morgan fingerprint density at radius 2 is 2.24 bits per heavy atom. The van der Waals surface area contributed by atoms with E-state index < -0.39 is 0 Å². The van der Waals surface area contributed by atoms with E-state index in [-0.39, 0.29) is 11.9 Å². The lowest BCUT2D eigenvalue weighted by atomic mass is 10.1. The summed E-state index contributed by atoms with van der Waals surface area (Å²) in [7, 11) is 1.93. The minimum Gasteiger partial charge on any atom is -0.348 e. The number of rotatable bonds is 5. The number of carbonyl (C=O) groups is 1. The van der Waals surface area contributed by atoms with Gasteiger partial charge in [0.25, 0.3) is 5.91 Å². The summed E-state index contributed by atoms with van der Waals surface area (Å²) in [4.78, 5) is 16.3. The van der Waals surface area contributed by atoms with Crippen molar-refractivity contribution in [2.45, 2.75) is 39.8 Å². The smallest absolute Gasteiger partial charge is 0.270 e. The van der Waals surface area contributed by atoms with Crippen molar-refractivity contribution in [1.82, 2.24) is 20.1 Å². The molecule has 21 heavy (non-hydrogen) atoms. The summed E-state index contributed by atoms with van der Waals surface area (Å²) in [5, 5.41) is 9.88. The van der Waals surface area contributed by atoms with Crippen LogP contribution in [-0.2, 0) is 20.0 Å². The van der Waals surface area contributed by atoms with E-state index in [1.807, 2.05) is 32.5 Å². The Balaban J connectivity index is 2.01. The number of carbonyl (C=O) groups excluding carboxylic acids is 1. The van der Waals surface area contributed by atoms with Crippen LogP contribution in [0.5, 0.6) is 0 Å². The van der Waals surface area contributed by atoms with Gasteiger partial charge in [0.15, 0.2) is 0 Å². The Hall–Kier alpha value is -1.73. The first-order chi connectivity index (χ1) is 9.92. The maximum atomic E-state index is 12.1. The Morgan fingerprint density at radius 3 is 2.76 bits per heavy atom. The van der Waals surface area contributed by atoms with E-state index in [9.17, 15) is 4.79 Å². The highest BCUT2D eigenvalue weighted by molar-refractivity contribution is 7.09. The summed E-state index contributed by atoms with van der Waals surface area (Å²) in [5.41, 5.74) is 9.27. The third kappa shape index (κ3) is 3.48. The van der Waals surface area contributed by atoms with E-state index in [1.54, 1.807) is 5.38 Å². The number of thiazole rings is 1. The molecule has 0 aromatic carbocycles. The summed E-state index contributed by atoms with van der Waals surface area (Å²) < 4.78 is 1.87. The predicted octanol–water partition coefficient (Wildman–Crippen LogP) is 1.31. The molecule has 1 amide bonds. The van der Waals surface area contributed by atoms with Crippen LogP contribution in [0.25, 0.3) is 0 Å². The fourth-order valence-electron chi connectivity index (χ4n) is 2.28. The van der Waals surface area contributed by atoms with E-state index in [0.717, 1.165) is 22.8 Å². The predicted molar refractivity (Wildman–Crippen MR) is 83.3 cm³/mol. The average molecular weight is 307 g/mol. The lowest BCUT2D eigenvalue weighted by Crippen LogP contribution is -2.34. The Labute approximate surface area is 128 Å². The molecule has 1 unspecified atom stereocenters. The maximum absolute atomic E-state index is 12.1. The van der Waals surface area contributed by atoms with Crippen LogP contribution in [0.1, 0.15) is 39.4 Å². The van der Waals surface area contributed by atoms with Gasteiger partial charge < -0.3 is 11.1 Å². The lowest BCUT2D eigenvalue weighted by molar-refractivity contribution is 0.0935. The van der Waals surface area contributed by atoms with Gasteiger partial charge >= 0.3 is 0 Å². The van der Waals surface area contributed by atoms with Gasteiger partial charge in [0.2, 0.25) is 0 Å². The van der Waals surface area contributed by atoms with Crippen LogP contribution in [0.3, 0.4) is 0 Å². The largest absolute Gasteiger partial charge is 0.348 e. The molecule has 0 saturated heterocycles. The normalized spacial score (nSPS) is 12.4. The molecule has 0 aliphatic carbocycles. The fraction of sp³-hybridized carbons (Fsp3) is 0.500. The minimum atomic E-state index is -0.155. The second-order valence-electron chi connectivity index (χ2n) is 5.18. The van der Waals surface area contributed by atoms with Crippen LogP contribution in [-0.4, -0.2) is 26.7 Å². The standard InChI is InChI=1S/C14H21N5OS/c1-8(5-11-9(2)18-19(4)10(11)3)16-14(20)12-7-21-13(6-15)17-12/h7-8H,5-6,15H2,1-4H3,(H,16,20). The topological polar surface area (TPSA) is 85.8 Å². The number of aryl methyl sites for hydroxylation is 2. The number of aromatic nitrogens is 3.